The van der Waals surface area contributed by atoms with Crippen molar-refractivity contribution in [2.45, 2.75) is 26.4 Å². The zero-order chi connectivity index (χ0) is 11.4. The molecule has 0 saturated carbocycles. The molecule has 0 aliphatic heterocycles. The summed E-state index contributed by atoms with van der Waals surface area (Å²) in [4.78, 5) is 21.7. The van der Waals surface area contributed by atoms with E-state index in [1.165, 1.54) is 10.9 Å². The third-order valence-electron chi connectivity index (χ3n) is 1.51. The van der Waals surface area contributed by atoms with Gasteiger partial charge in [0.05, 0.1) is 6.20 Å². The molecule has 0 spiro atoms. The van der Waals surface area contributed by atoms with Crippen molar-refractivity contribution in [2.75, 3.05) is 0 Å². The summed E-state index contributed by atoms with van der Waals surface area (Å²) in [5.74, 6) is -1.39. The molecule has 1 aromatic rings. The highest BCUT2D eigenvalue weighted by Gasteiger charge is 2.10. The molecule has 2 N–H and O–H groups in total. The van der Waals surface area contributed by atoms with Gasteiger partial charge in [0.15, 0.2) is 5.69 Å². The summed E-state index contributed by atoms with van der Waals surface area (Å²) in [5, 5.41) is 18.1. The molecule has 0 atom stereocenters. The van der Waals surface area contributed by atoms with Gasteiger partial charge >= 0.3 is 5.97 Å². The van der Waals surface area contributed by atoms with E-state index in [1.54, 1.807) is 0 Å². The molecule has 15 heavy (non-hydrogen) atoms. The minimum atomic E-state index is -1.16. The van der Waals surface area contributed by atoms with E-state index >= 15 is 0 Å². The number of nitrogens with zero attached hydrogens (tertiary/aromatic N) is 3. The quantitative estimate of drug-likeness (QED) is 0.701. The Morgan fingerprint density at radius 3 is 2.73 bits per heavy atom. The van der Waals surface area contributed by atoms with Crippen molar-refractivity contribution in [1.82, 2.24) is 20.3 Å². The van der Waals surface area contributed by atoms with Crippen LogP contribution in [0.3, 0.4) is 0 Å². The summed E-state index contributed by atoms with van der Waals surface area (Å²) in [6.45, 7) is 3.64. The molecule has 0 unspecified atom stereocenters. The number of aromatic nitrogens is 3. The van der Waals surface area contributed by atoms with Gasteiger partial charge in [-0.25, -0.2) is 9.48 Å². The van der Waals surface area contributed by atoms with Crippen molar-refractivity contribution >= 4 is 11.9 Å². The number of amides is 1. The van der Waals surface area contributed by atoms with Crippen LogP contribution in [0.25, 0.3) is 0 Å². The van der Waals surface area contributed by atoms with Crippen LogP contribution >= 0.6 is 0 Å². The highest BCUT2D eigenvalue weighted by molar-refractivity contribution is 5.84. The predicted octanol–water partition coefficient (Wildman–Crippen LogP) is -0.499. The second-order valence-corrected chi connectivity index (χ2v) is 3.33. The summed E-state index contributed by atoms with van der Waals surface area (Å²) in [5.41, 5.74) is -0.174. The van der Waals surface area contributed by atoms with Gasteiger partial charge in [-0.1, -0.05) is 5.21 Å². The number of nitrogens with one attached hydrogen (secondary N) is 1. The molecule has 1 amide bonds. The fourth-order valence-electron chi connectivity index (χ4n) is 0.988. The molecule has 7 heteroatoms. The van der Waals surface area contributed by atoms with Crippen LogP contribution < -0.4 is 5.32 Å². The third kappa shape index (κ3) is 3.37. The van der Waals surface area contributed by atoms with Gasteiger partial charge in [0, 0.05) is 6.04 Å². The van der Waals surface area contributed by atoms with Crippen LogP contribution in [0.15, 0.2) is 6.20 Å². The predicted molar refractivity (Wildman–Crippen MR) is 50.3 cm³/mol. The highest BCUT2D eigenvalue weighted by atomic mass is 16.4. The maximum atomic E-state index is 11.3. The number of hydrogen-bond acceptors (Lipinski definition) is 4. The van der Waals surface area contributed by atoms with Crippen LogP contribution in [0.2, 0.25) is 0 Å². The van der Waals surface area contributed by atoms with E-state index in [4.69, 9.17) is 5.11 Å². The average molecular weight is 212 g/mol. The lowest BCUT2D eigenvalue weighted by Crippen LogP contribution is -2.33. The lowest BCUT2D eigenvalue weighted by molar-refractivity contribution is -0.122. The second kappa shape index (κ2) is 4.54. The van der Waals surface area contributed by atoms with E-state index in [0.717, 1.165) is 0 Å². The minimum Gasteiger partial charge on any atom is -0.476 e. The van der Waals surface area contributed by atoms with Crippen molar-refractivity contribution in [3.05, 3.63) is 11.9 Å². The van der Waals surface area contributed by atoms with Gasteiger partial charge in [0.1, 0.15) is 6.54 Å². The minimum absolute atomic E-state index is 0.0293. The average Bonchev–Trinajstić information content (AvgIpc) is 2.50. The van der Waals surface area contributed by atoms with E-state index in [1.807, 2.05) is 13.8 Å². The topological polar surface area (TPSA) is 97.1 Å². The number of hydrogen-bond donors (Lipinski definition) is 2. The second-order valence-electron chi connectivity index (χ2n) is 3.33. The fraction of sp³-hybridized carbons (Fsp3) is 0.500. The molecule has 7 nitrogen and oxygen atoms in total. The molecule has 1 heterocycles. The fourth-order valence-corrected chi connectivity index (χ4v) is 0.988. The summed E-state index contributed by atoms with van der Waals surface area (Å²) in [6, 6.07) is 0.0416. The first-order chi connectivity index (χ1) is 6.99. The van der Waals surface area contributed by atoms with Crippen molar-refractivity contribution in [3.63, 3.8) is 0 Å². The van der Waals surface area contributed by atoms with Crippen molar-refractivity contribution in [3.8, 4) is 0 Å². The lowest BCUT2D eigenvalue weighted by Gasteiger charge is -2.07. The van der Waals surface area contributed by atoms with Gasteiger partial charge in [-0.15, -0.1) is 5.10 Å². The molecular weight excluding hydrogens is 200 g/mol. The van der Waals surface area contributed by atoms with Crippen LogP contribution in [0.1, 0.15) is 24.3 Å². The smallest absolute Gasteiger partial charge is 0.358 e. The van der Waals surface area contributed by atoms with Gasteiger partial charge < -0.3 is 10.4 Å². The number of carboxylic acid groups (broad SMARTS) is 1. The molecule has 0 fully saturated rings. The number of carbonyl (C=O) groups is 2. The van der Waals surface area contributed by atoms with E-state index < -0.39 is 5.97 Å². The standard InChI is InChI=1S/C8H12N4O3/c1-5(2)9-7(13)4-12-3-6(8(14)15)10-11-12/h3,5H,4H2,1-2H3,(H,9,13)(H,14,15). The number of aromatic carboxylic acids is 1. The molecule has 0 aliphatic carbocycles. The molecule has 82 valence electrons. The zero-order valence-electron chi connectivity index (χ0n) is 8.47. The molecule has 1 rings (SSSR count). The monoisotopic (exact) mass is 212 g/mol. The molecule has 1 aromatic heterocycles. The zero-order valence-corrected chi connectivity index (χ0v) is 8.47. The molecule has 0 bridgehead atoms. The molecule has 0 radical (unpaired) electrons. The normalized spacial score (nSPS) is 10.3. The molecular formula is C8H12N4O3. The van der Waals surface area contributed by atoms with Crippen LogP contribution in [0, 0.1) is 0 Å². The molecule has 0 saturated heterocycles. The number of rotatable bonds is 4. The SMILES string of the molecule is CC(C)NC(=O)Cn1cc(C(=O)O)nn1. The third-order valence-corrected chi connectivity index (χ3v) is 1.51. The van der Waals surface area contributed by atoms with E-state index in [2.05, 4.69) is 15.6 Å². The maximum Gasteiger partial charge on any atom is 0.358 e. The summed E-state index contributed by atoms with van der Waals surface area (Å²) >= 11 is 0. The molecule has 0 aromatic carbocycles. The Bertz CT molecular complexity index is 372. The van der Waals surface area contributed by atoms with E-state index in [-0.39, 0.29) is 24.2 Å². The van der Waals surface area contributed by atoms with Crippen LogP contribution in [0.4, 0.5) is 0 Å². The van der Waals surface area contributed by atoms with E-state index in [9.17, 15) is 9.59 Å². The number of carboxylic acids is 1. The van der Waals surface area contributed by atoms with Gasteiger partial charge in [-0.2, -0.15) is 0 Å². The Balaban J connectivity index is 2.57. The summed E-state index contributed by atoms with van der Waals surface area (Å²) in [6.07, 6.45) is 1.21. The molecule has 0 aliphatic rings. The first-order valence-corrected chi connectivity index (χ1v) is 4.42. The van der Waals surface area contributed by atoms with Gasteiger partial charge in [-0.05, 0) is 13.8 Å². The maximum absolute atomic E-state index is 11.3. The van der Waals surface area contributed by atoms with Crippen molar-refractivity contribution in [1.29, 1.82) is 0 Å². The van der Waals surface area contributed by atoms with Crippen LogP contribution in [-0.4, -0.2) is 38.0 Å². The Morgan fingerprint density at radius 2 is 2.27 bits per heavy atom. The first kappa shape index (κ1) is 11.2. The van der Waals surface area contributed by atoms with Crippen molar-refractivity contribution < 1.29 is 14.7 Å². The van der Waals surface area contributed by atoms with Crippen LogP contribution in [-0.2, 0) is 11.3 Å². The first-order valence-electron chi connectivity index (χ1n) is 4.42. The van der Waals surface area contributed by atoms with Crippen LogP contribution in [0.5, 0.6) is 0 Å². The Hall–Kier alpha value is -1.92. The highest BCUT2D eigenvalue weighted by Crippen LogP contribution is 1.92. The largest absolute Gasteiger partial charge is 0.476 e. The Labute approximate surface area is 86.1 Å². The van der Waals surface area contributed by atoms with Gasteiger partial charge in [0.25, 0.3) is 0 Å². The van der Waals surface area contributed by atoms with Gasteiger partial charge in [-0.3, -0.25) is 4.79 Å². The van der Waals surface area contributed by atoms with Crippen molar-refractivity contribution in [2.24, 2.45) is 0 Å². The number of carbonyl (C=O) groups excluding carboxylic acids is 1. The lowest BCUT2D eigenvalue weighted by atomic mass is 10.4. The van der Waals surface area contributed by atoms with Gasteiger partial charge in [0.2, 0.25) is 5.91 Å². The van der Waals surface area contributed by atoms with E-state index in [0.29, 0.717) is 0 Å². The Kier molecular flexibility index (Phi) is 3.37. The summed E-state index contributed by atoms with van der Waals surface area (Å²) < 4.78 is 1.18. The Morgan fingerprint density at radius 1 is 1.60 bits per heavy atom. The summed E-state index contributed by atoms with van der Waals surface area (Å²) in [7, 11) is 0.